The molecular formula is C27H38N6O3S. The lowest BCUT2D eigenvalue weighted by atomic mass is 9.87. The molecule has 1 atom stereocenters. The molecule has 2 aromatic rings. The number of benzene rings is 1. The third-order valence-corrected chi connectivity index (χ3v) is 8.90. The summed E-state index contributed by atoms with van der Waals surface area (Å²) in [5.41, 5.74) is 2.57. The van der Waals surface area contributed by atoms with Crippen LogP contribution in [0.1, 0.15) is 55.3 Å². The van der Waals surface area contributed by atoms with Gasteiger partial charge < -0.3 is 9.88 Å². The van der Waals surface area contributed by atoms with Crippen molar-refractivity contribution in [1.82, 2.24) is 24.1 Å². The molecule has 1 aromatic heterocycles. The third kappa shape index (κ3) is 7.63. The van der Waals surface area contributed by atoms with Crippen molar-refractivity contribution in [1.29, 1.82) is 5.26 Å². The molecule has 1 saturated carbocycles. The number of carbonyl (C=O) groups excluding carboxylic acids is 1. The van der Waals surface area contributed by atoms with Crippen LogP contribution < -0.4 is 5.32 Å². The number of imidazole rings is 1. The average molecular weight is 527 g/mol. The Balaban J connectivity index is 1.32. The van der Waals surface area contributed by atoms with E-state index in [1.807, 2.05) is 22.8 Å². The highest BCUT2D eigenvalue weighted by atomic mass is 32.2. The highest BCUT2D eigenvalue weighted by Crippen LogP contribution is 2.27. The summed E-state index contributed by atoms with van der Waals surface area (Å²) >= 11 is 0. The van der Waals surface area contributed by atoms with Crippen LogP contribution in [0.4, 0.5) is 0 Å². The monoisotopic (exact) mass is 526 g/mol. The summed E-state index contributed by atoms with van der Waals surface area (Å²) in [4.78, 5) is 19.7. The second-order valence-electron chi connectivity index (χ2n) is 10.3. The van der Waals surface area contributed by atoms with E-state index in [1.54, 1.807) is 18.6 Å². The van der Waals surface area contributed by atoms with Crippen LogP contribution in [-0.2, 0) is 27.8 Å². The molecule has 1 aliphatic heterocycles. The van der Waals surface area contributed by atoms with E-state index < -0.39 is 16.1 Å². The number of sulfonamides is 1. The smallest absolute Gasteiger partial charge is 0.239 e. The van der Waals surface area contributed by atoms with Crippen molar-refractivity contribution in [3.63, 3.8) is 0 Å². The molecule has 2 aliphatic rings. The Morgan fingerprint density at radius 1 is 1.22 bits per heavy atom. The van der Waals surface area contributed by atoms with Crippen molar-refractivity contribution in [2.24, 2.45) is 5.92 Å². The summed E-state index contributed by atoms with van der Waals surface area (Å²) in [5, 5.41) is 12.1. The molecule has 1 aromatic carbocycles. The number of rotatable bonds is 10. The quantitative estimate of drug-likeness (QED) is 0.509. The standard InChI is InChI=1S/C27H38N6O3S/c1-37(35,36)33-15-14-31(13-11-22-6-3-2-4-7-22)20-26(33)27(34)30-12-10-25-18-29-21-32(25)19-24-9-5-8-23(16-24)17-28/h5,8-9,16,18,21-22,26H,2-4,6-7,10-15,19-20H2,1H3,(H,30,34). The van der Waals surface area contributed by atoms with Crippen molar-refractivity contribution < 1.29 is 13.2 Å². The molecule has 0 bridgehead atoms. The first-order valence-corrected chi connectivity index (χ1v) is 15.1. The van der Waals surface area contributed by atoms with Crippen LogP contribution in [-0.4, -0.2) is 78.1 Å². The van der Waals surface area contributed by atoms with Crippen LogP contribution in [0.15, 0.2) is 36.8 Å². The number of nitriles is 1. The fourth-order valence-electron chi connectivity index (χ4n) is 5.54. The van der Waals surface area contributed by atoms with Gasteiger partial charge in [-0.05, 0) is 36.6 Å². The minimum absolute atomic E-state index is 0.249. The Morgan fingerprint density at radius 3 is 2.78 bits per heavy atom. The predicted molar refractivity (Wildman–Crippen MR) is 142 cm³/mol. The Kier molecular flexibility index (Phi) is 9.35. The molecule has 9 nitrogen and oxygen atoms in total. The fourth-order valence-corrected chi connectivity index (χ4v) is 6.58. The molecule has 37 heavy (non-hydrogen) atoms. The van der Waals surface area contributed by atoms with E-state index in [4.69, 9.17) is 5.26 Å². The summed E-state index contributed by atoms with van der Waals surface area (Å²) < 4.78 is 28.2. The number of amides is 1. The predicted octanol–water partition coefficient (Wildman–Crippen LogP) is 2.38. The first kappa shape index (κ1) is 27.3. The number of hydrogen-bond acceptors (Lipinski definition) is 6. The molecule has 2 heterocycles. The van der Waals surface area contributed by atoms with Gasteiger partial charge in [-0.15, -0.1) is 0 Å². The van der Waals surface area contributed by atoms with Crippen LogP contribution in [0.5, 0.6) is 0 Å². The molecule has 2 fully saturated rings. The van der Waals surface area contributed by atoms with Gasteiger partial charge in [-0.2, -0.15) is 9.57 Å². The van der Waals surface area contributed by atoms with E-state index in [2.05, 4.69) is 21.3 Å². The van der Waals surface area contributed by atoms with Gasteiger partial charge in [-0.25, -0.2) is 13.4 Å². The zero-order valence-corrected chi connectivity index (χ0v) is 22.5. The number of piperazine rings is 1. The van der Waals surface area contributed by atoms with E-state index in [9.17, 15) is 13.2 Å². The Bertz CT molecular complexity index is 1200. The second-order valence-corrected chi connectivity index (χ2v) is 12.3. The molecule has 1 amide bonds. The van der Waals surface area contributed by atoms with E-state index >= 15 is 0 Å². The van der Waals surface area contributed by atoms with E-state index in [1.165, 1.54) is 42.7 Å². The van der Waals surface area contributed by atoms with E-state index in [0.717, 1.165) is 30.1 Å². The van der Waals surface area contributed by atoms with Gasteiger partial charge in [0.05, 0.1) is 24.2 Å². The van der Waals surface area contributed by atoms with E-state index in [-0.39, 0.29) is 5.91 Å². The summed E-state index contributed by atoms with van der Waals surface area (Å²) in [6.45, 7) is 3.32. The van der Waals surface area contributed by atoms with Gasteiger partial charge in [-0.1, -0.05) is 44.2 Å². The SMILES string of the molecule is CS(=O)(=O)N1CCN(CCC2CCCCC2)CC1C(=O)NCCc1cncn1Cc1cccc(C#N)c1. The summed E-state index contributed by atoms with van der Waals surface area (Å²) in [6.07, 6.45) is 12.9. The number of nitrogens with one attached hydrogen (secondary N) is 1. The van der Waals surface area contributed by atoms with Gasteiger partial charge in [0.2, 0.25) is 15.9 Å². The maximum Gasteiger partial charge on any atom is 0.239 e. The molecule has 1 aliphatic carbocycles. The molecular weight excluding hydrogens is 488 g/mol. The van der Waals surface area contributed by atoms with Gasteiger partial charge in [0, 0.05) is 51.0 Å². The van der Waals surface area contributed by atoms with Gasteiger partial charge in [0.15, 0.2) is 0 Å². The zero-order chi connectivity index (χ0) is 26.3. The van der Waals surface area contributed by atoms with Crippen LogP contribution in [0.25, 0.3) is 0 Å². The zero-order valence-electron chi connectivity index (χ0n) is 21.7. The van der Waals surface area contributed by atoms with Crippen LogP contribution in [0.2, 0.25) is 0 Å². The third-order valence-electron chi connectivity index (χ3n) is 7.61. The second kappa shape index (κ2) is 12.7. The summed E-state index contributed by atoms with van der Waals surface area (Å²) in [5.74, 6) is 0.502. The van der Waals surface area contributed by atoms with Crippen LogP contribution in [0.3, 0.4) is 0 Å². The van der Waals surface area contributed by atoms with Crippen molar-refractivity contribution in [2.75, 3.05) is 39.0 Å². The number of carbonyl (C=O) groups is 1. The highest BCUT2D eigenvalue weighted by Gasteiger charge is 2.37. The topological polar surface area (TPSA) is 111 Å². The van der Waals surface area contributed by atoms with Crippen molar-refractivity contribution in [3.8, 4) is 6.07 Å². The largest absolute Gasteiger partial charge is 0.354 e. The van der Waals surface area contributed by atoms with Crippen LogP contribution >= 0.6 is 0 Å². The highest BCUT2D eigenvalue weighted by molar-refractivity contribution is 7.88. The van der Waals surface area contributed by atoms with Crippen LogP contribution in [0, 0.1) is 17.2 Å². The molecule has 1 saturated heterocycles. The number of hydrogen-bond donors (Lipinski definition) is 1. The Labute approximate surface area is 220 Å². The fraction of sp³-hybridized carbons (Fsp3) is 0.593. The van der Waals surface area contributed by atoms with Crippen molar-refractivity contribution >= 4 is 15.9 Å². The minimum atomic E-state index is -3.49. The Morgan fingerprint density at radius 2 is 2.03 bits per heavy atom. The normalized spacial score (nSPS) is 19.9. The molecule has 0 radical (unpaired) electrons. The molecule has 10 heteroatoms. The number of aromatic nitrogens is 2. The summed E-state index contributed by atoms with van der Waals surface area (Å²) in [7, 11) is -3.49. The van der Waals surface area contributed by atoms with Crippen molar-refractivity contribution in [3.05, 3.63) is 53.6 Å². The lowest BCUT2D eigenvalue weighted by Crippen LogP contribution is -2.60. The Hall–Kier alpha value is -2.74. The first-order chi connectivity index (χ1) is 17.8. The molecule has 1 N–H and O–H groups in total. The molecule has 0 spiro atoms. The lowest BCUT2D eigenvalue weighted by Gasteiger charge is -2.39. The van der Waals surface area contributed by atoms with Gasteiger partial charge >= 0.3 is 0 Å². The van der Waals surface area contributed by atoms with Gasteiger partial charge in [-0.3, -0.25) is 9.69 Å². The number of nitrogens with zero attached hydrogens (tertiary/aromatic N) is 5. The first-order valence-electron chi connectivity index (χ1n) is 13.3. The molecule has 4 rings (SSSR count). The molecule has 1 unspecified atom stereocenters. The van der Waals surface area contributed by atoms with Gasteiger partial charge in [0.1, 0.15) is 6.04 Å². The van der Waals surface area contributed by atoms with Gasteiger partial charge in [0.25, 0.3) is 0 Å². The summed E-state index contributed by atoms with van der Waals surface area (Å²) in [6, 6.07) is 8.90. The van der Waals surface area contributed by atoms with Crippen molar-refractivity contribution in [2.45, 2.75) is 57.5 Å². The molecule has 200 valence electrons. The minimum Gasteiger partial charge on any atom is -0.354 e. The average Bonchev–Trinajstić information content (AvgIpc) is 3.34. The maximum atomic E-state index is 13.2. The maximum absolute atomic E-state index is 13.2. The lowest BCUT2D eigenvalue weighted by molar-refractivity contribution is -0.126. The van der Waals surface area contributed by atoms with E-state index in [0.29, 0.717) is 44.7 Å².